The van der Waals surface area contributed by atoms with Crippen LogP contribution in [0.15, 0.2) is 24.4 Å². The van der Waals surface area contributed by atoms with Crippen molar-refractivity contribution in [1.82, 2.24) is 9.88 Å². The highest BCUT2D eigenvalue weighted by Crippen LogP contribution is 2.24. The standard InChI is InChI=1S/C16H21N3O2/c20-16(21)7-5-13-4-6-15(17-11-13)19-10-2-9-18-8-1-3-14(18)12-19/h4-7,11,14H,1-3,8-10,12H2,(H,20,21)/b7-5+. The molecule has 1 atom stereocenters. The molecule has 2 aliphatic heterocycles. The van der Waals surface area contributed by atoms with Crippen LogP contribution in [0.1, 0.15) is 24.8 Å². The Morgan fingerprint density at radius 1 is 1.29 bits per heavy atom. The second kappa shape index (κ2) is 6.26. The number of anilines is 1. The van der Waals surface area contributed by atoms with Gasteiger partial charge >= 0.3 is 5.97 Å². The Morgan fingerprint density at radius 2 is 2.14 bits per heavy atom. The predicted molar refractivity (Wildman–Crippen MR) is 82.3 cm³/mol. The first-order valence-electron chi connectivity index (χ1n) is 7.58. The minimum atomic E-state index is -0.937. The molecule has 1 unspecified atom stereocenters. The topological polar surface area (TPSA) is 56.7 Å². The van der Waals surface area contributed by atoms with Crippen LogP contribution in [0.4, 0.5) is 5.82 Å². The molecular weight excluding hydrogens is 266 g/mol. The van der Waals surface area contributed by atoms with E-state index >= 15 is 0 Å². The highest BCUT2D eigenvalue weighted by atomic mass is 16.4. The van der Waals surface area contributed by atoms with Gasteiger partial charge in [0.2, 0.25) is 0 Å². The predicted octanol–water partition coefficient (Wildman–Crippen LogP) is 1.85. The van der Waals surface area contributed by atoms with Gasteiger partial charge in [-0.1, -0.05) is 0 Å². The Bertz CT molecular complexity index is 527. The average molecular weight is 287 g/mol. The van der Waals surface area contributed by atoms with E-state index in [9.17, 15) is 4.79 Å². The van der Waals surface area contributed by atoms with Gasteiger partial charge in [-0.3, -0.25) is 4.90 Å². The van der Waals surface area contributed by atoms with Crippen molar-refractivity contribution in [3.8, 4) is 0 Å². The second-order valence-electron chi connectivity index (χ2n) is 5.75. The normalized spacial score (nSPS) is 23.2. The highest BCUT2D eigenvalue weighted by Gasteiger charge is 2.28. The van der Waals surface area contributed by atoms with Gasteiger partial charge in [-0.25, -0.2) is 9.78 Å². The number of carboxylic acids is 1. The van der Waals surface area contributed by atoms with E-state index < -0.39 is 5.97 Å². The summed E-state index contributed by atoms with van der Waals surface area (Å²) in [7, 11) is 0. The van der Waals surface area contributed by atoms with E-state index in [1.165, 1.54) is 32.4 Å². The summed E-state index contributed by atoms with van der Waals surface area (Å²) >= 11 is 0. The van der Waals surface area contributed by atoms with Crippen LogP contribution in [0.3, 0.4) is 0 Å². The molecule has 5 heteroatoms. The fraction of sp³-hybridized carbons (Fsp3) is 0.500. The summed E-state index contributed by atoms with van der Waals surface area (Å²) in [5, 5.41) is 8.63. The molecular formula is C16H21N3O2. The number of carbonyl (C=O) groups is 1. The maximum Gasteiger partial charge on any atom is 0.328 e. The Labute approximate surface area is 124 Å². The summed E-state index contributed by atoms with van der Waals surface area (Å²) < 4.78 is 0. The molecule has 112 valence electrons. The van der Waals surface area contributed by atoms with E-state index in [0.29, 0.717) is 6.04 Å². The van der Waals surface area contributed by atoms with Crippen molar-refractivity contribution in [3.63, 3.8) is 0 Å². The van der Waals surface area contributed by atoms with Crippen LogP contribution in [0.5, 0.6) is 0 Å². The van der Waals surface area contributed by atoms with Crippen LogP contribution in [0.2, 0.25) is 0 Å². The number of pyridine rings is 1. The van der Waals surface area contributed by atoms with Gasteiger partial charge in [0, 0.05) is 37.9 Å². The molecule has 0 saturated carbocycles. The minimum Gasteiger partial charge on any atom is -0.478 e. The largest absolute Gasteiger partial charge is 0.478 e. The van der Waals surface area contributed by atoms with Crippen molar-refractivity contribution in [2.75, 3.05) is 31.1 Å². The number of carboxylic acid groups (broad SMARTS) is 1. The zero-order valence-corrected chi connectivity index (χ0v) is 12.1. The molecule has 5 nitrogen and oxygen atoms in total. The molecule has 2 aliphatic rings. The molecule has 2 fully saturated rings. The van der Waals surface area contributed by atoms with Crippen molar-refractivity contribution in [2.45, 2.75) is 25.3 Å². The van der Waals surface area contributed by atoms with E-state index in [1.54, 1.807) is 12.3 Å². The zero-order chi connectivity index (χ0) is 14.7. The molecule has 1 aromatic heterocycles. The first kappa shape index (κ1) is 14.1. The zero-order valence-electron chi connectivity index (χ0n) is 12.1. The van der Waals surface area contributed by atoms with E-state index in [2.05, 4.69) is 14.8 Å². The third kappa shape index (κ3) is 3.42. The Morgan fingerprint density at radius 3 is 2.90 bits per heavy atom. The lowest BCUT2D eigenvalue weighted by atomic mass is 10.2. The monoisotopic (exact) mass is 287 g/mol. The van der Waals surface area contributed by atoms with Gasteiger partial charge in [0.1, 0.15) is 5.82 Å². The molecule has 0 aromatic carbocycles. The summed E-state index contributed by atoms with van der Waals surface area (Å²) in [5.74, 6) is 0.0594. The van der Waals surface area contributed by atoms with Gasteiger partial charge in [0.15, 0.2) is 0 Å². The van der Waals surface area contributed by atoms with Crippen LogP contribution in [-0.2, 0) is 4.79 Å². The van der Waals surface area contributed by atoms with Crippen molar-refractivity contribution in [2.24, 2.45) is 0 Å². The molecule has 21 heavy (non-hydrogen) atoms. The second-order valence-corrected chi connectivity index (χ2v) is 5.75. The van der Waals surface area contributed by atoms with Gasteiger partial charge in [-0.2, -0.15) is 0 Å². The molecule has 3 rings (SSSR count). The fourth-order valence-electron chi connectivity index (χ4n) is 3.27. The number of fused-ring (bicyclic) bond motifs is 1. The maximum atomic E-state index is 10.5. The van der Waals surface area contributed by atoms with E-state index in [4.69, 9.17) is 5.11 Å². The van der Waals surface area contributed by atoms with E-state index in [1.807, 2.05) is 12.1 Å². The summed E-state index contributed by atoms with van der Waals surface area (Å²) in [5.41, 5.74) is 0.818. The lowest BCUT2D eigenvalue weighted by molar-refractivity contribution is -0.131. The quantitative estimate of drug-likeness (QED) is 0.860. The van der Waals surface area contributed by atoms with Crippen LogP contribution in [0.25, 0.3) is 6.08 Å². The van der Waals surface area contributed by atoms with Gasteiger partial charge in [0.25, 0.3) is 0 Å². The Hall–Kier alpha value is -1.88. The van der Waals surface area contributed by atoms with Crippen LogP contribution < -0.4 is 4.90 Å². The van der Waals surface area contributed by atoms with Gasteiger partial charge < -0.3 is 10.0 Å². The van der Waals surface area contributed by atoms with Crippen LogP contribution >= 0.6 is 0 Å². The number of nitrogens with zero attached hydrogens (tertiary/aromatic N) is 3. The van der Waals surface area contributed by atoms with E-state index in [0.717, 1.165) is 30.5 Å². The van der Waals surface area contributed by atoms with Crippen molar-refractivity contribution in [3.05, 3.63) is 30.0 Å². The number of aliphatic carboxylic acids is 1. The summed E-state index contributed by atoms with van der Waals surface area (Å²) in [6, 6.07) is 4.59. The number of hydrogen-bond acceptors (Lipinski definition) is 4. The van der Waals surface area contributed by atoms with Crippen molar-refractivity contribution >= 4 is 17.9 Å². The molecule has 1 aromatic rings. The molecule has 0 aliphatic carbocycles. The molecule has 1 N–H and O–H groups in total. The summed E-state index contributed by atoms with van der Waals surface area (Å²) in [6.07, 6.45) is 8.23. The number of aromatic nitrogens is 1. The fourth-order valence-corrected chi connectivity index (χ4v) is 3.27. The lowest BCUT2D eigenvalue weighted by Crippen LogP contribution is -2.36. The molecule has 3 heterocycles. The number of hydrogen-bond donors (Lipinski definition) is 1. The summed E-state index contributed by atoms with van der Waals surface area (Å²) in [4.78, 5) is 20.0. The molecule has 0 amide bonds. The van der Waals surface area contributed by atoms with E-state index in [-0.39, 0.29) is 0 Å². The lowest BCUT2D eigenvalue weighted by Gasteiger charge is -2.26. The molecule has 0 bridgehead atoms. The first-order chi connectivity index (χ1) is 10.2. The molecule has 0 spiro atoms. The number of rotatable bonds is 3. The summed E-state index contributed by atoms with van der Waals surface area (Å²) in [6.45, 7) is 4.53. The Balaban J connectivity index is 1.69. The average Bonchev–Trinajstić information content (AvgIpc) is 2.83. The highest BCUT2D eigenvalue weighted by molar-refractivity contribution is 5.85. The SMILES string of the molecule is O=C(O)/C=C/c1ccc(N2CCCN3CCCC3C2)nc1. The Kier molecular flexibility index (Phi) is 4.20. The van der Waals surface area contributed by atoms with Crippen LogP contribution in [-0.4, -0.2) is 53.2 Å². The third-order valence-electron chi connectivity index (χ3n) is 4.32. The van der Waals surface area contributed by atoms with Gasteiger partial charge in [-0.05, 0) is 49.6 Å². The molecule has 2 saturated heterocycles. The van der Waals surface area contributed by atoms with Gasteiger partial charge in [0.05, 0.1) is 0 Å². The smallest absolute Gasteiger partial charge is 0.328 e. The van der Waals surface area contributed by atoms with Crippen LogP contribution in [0, 0.1) is 0 Å². The maximum absolute atomic E-state index is 10.5. The first-order valence-corrected chi connectivity index (χ1v) is 7.58. The minimum absolute atomic E-state index is 0.667. The molecule has 0 radical (unpaired) electrons. The van der Waals surface area contributed by atoms with Crippen molar-refractivity contribution < 1.29 is 9.90 Å². The van der Waals surface area contributed by atoms with Gasteiger partial charge in [-0.15, -0.1) is 0 Å². The third-order valence-corrected chi connectivity index (χ3v) is 4.32. The van der Waals surface area contributed by atoms with Crippen molar-refractivity contribution in [1.29, 1.82) is 0 Å².